The van der Waals surface area contributed by atoms with Gasteiger partial charge >= 0.3 is 0 Å². The van der Waals surface area contributed by atoms with E-state index in [4.69, 9.17) is 4.74 Å². The van der Waals surface area contributed by atoms with Gasteiger partial charge in [0.15, 0.2) is 11.3 Å². The van der Waals surface area contributed by atoms with Gasteiger partial charge in [-0.05, 0) is 32.0 Å². The first kappa shape index (κ1) is 20.0. The molecule has 0 radical (unpaired) electrons. The molecule has 3 aromatic heterocycles. The third-order valence-electron chi connectivity index (χ3n) is 4.83. The van der Waals surface area contributed by atoms with E-state index in [2.05, 4.69) is 20.5 Å². The highest BCUT2D eigenvalue weighted by Crippen LogP contribution is 2.30. The summed E-state index contributed by atoms with van der Waals surface area (Å²) in [6.07, 6.45) is 3.34. The summed E-state index contributed by atoms with van der Waals surface area (Å²) in [6, 6.07) is 7.56. The molecule has 1 aromatic carbocycles. The minimum absolute atomic E-state index is 0.0480. The number of fused-ring (bicyclic) bond motifs is 1. The normalized spacial score (nSPS) is 10.9. The van der Waals surface area contributed by atoms with Crippen LogP contribution in [0.4, 0.5) is 11.4 Å². The largest absolute Gasteiger partial charge is 0.494 e. The summed E-state index contributed by atoms with van der Waals surface area (Å²) in [5, 5.41) is 22.6. The summed E-state index contributed by atoms with van der Waals surface area (Å²) in [5.41, 5.74) is 2.82. The standard InChI is InChI=1S/C20H19N7O4/c1-4-31-13-5-6-15(18(9-13)27(29)30)23-20(28)16-10-19-21-8-7-17(26(19)24-16)14-11-22-25(3)12(14)2/h5-11H,4H2,1-3H3,(H,23,28). The van der Waals surface area contributed by atoms with Gasteiger partial charge in [0.2, 0.25) is 0 Å². The van der Waals surface area contributed by atoms with Crippen molar-refractivity contribution in [2.45, 2.75) is 13.8 Å². The van der Waals surface area contributed by atoms with Crippen molar-refractivity contribution in [3.63, 3.8) is 0 Å². The smallest absolute Gasteiger partial charge is 0.296 e. The molecule has 0 saturated heterocycles. The number of benzene rings is 1. The van der Waals surface area contributed by atoms with Gasteiger partial charge in [-0.25, -0.2) is 9.50 Å². The van der Waals surface area contributed by atoms with Gasteiger partial charge in [-0.2, -0.15) is 10.2 Å². The van der Waals surface area contributed by atoms with Crippen molar-refractivity contribution in [1.82, 2.24) is 24.4 Å². The summed E-state index contributed by atoms with van der Waals surface area (Å²) in [6.45, 7) is 4.08. The zero-order valence-corrected chi connectivity index (χ0v) is 17.1. The summed E-state index contributed by atoms with van der Waals surface area (Å²) in [4.78, 5) is 27.9. The first-order valence-corrected chi connectivity index (χ1v) is 9.45. The second-order valence-corrected chi connectivity index (χ2v) is 6.72. The fourth-order valence-corrected chi connectivity index (χ4v) is 3.17. The van der Waals surface area contributed by atoms with Crippen LogP contribution in [0.25, 0.3) is 16.9 Å². The van der Waals surface area contributed by atoms with Crippen molar-refractivity contribution < 1.29 is 14.5 Å². The number of aryl methyl sites for hydroxylation is 1. The fourth-order valence-electron chi connectivity index (χ4n) is 3.17. The lowest BCUT2D eigenvalue weighted by Gasteiger charge is -2.07. The number of hydrogen-bond acceptors (Lipinski definition) is 7. The number of ether oxygens (including phenoxy) is 1. The number of carbonyl (C=O) groups excluding carboxylic acids is 1. The summed E-state index contributed by atoms with van der Waals surface area (Å²) in [7, 11) is 1.84. The van der Waals surface area contributed by atoms with Crippen molar-refractivity contribution in [2.75, 3.05) is 11.9 Å². The number of anilines is 1. The van der Waals surface area contributed by atoms with Crippen molar-refractivity contribution in [3.8, 4) is 17.0 Å². The lowest BCUT2D eigenvalue weighted by molar-refractivity contribution is -0.384. The number of nitro benzene ring substituents is 1. The van der Waals surface area contributed by atoms with Gasteiger partial charge in [-0.3, -0.25) is 19.6 Å². The maximum atomic E-state index is 12.8. The number of nitro groups is 1. The minimum atomic E-state index is -0.591. The lowest BCUT2D eigenvalue weighted by Crippen LogP contribution is -2.14. The van der Waals surface area contributed by atoms with Crippen LogP contribution in [0.15, 0.2) is 42.7 Å². The number of nitrogens with one attached hydrogen (secondary N) is 1. The van der Waals surface area contributed by atoms with Crippen LogP contribution in [0.3, 0.4) is 0 Å². The third kappa shape index (κ3) is 3.68. The molecule has 4 aromatic rings. The highest BCUT2D eigenvalue weighted by atomic mass is 16.6. The van der Waals surface area contributed by atoms with E-state index in [0.29, 0.717) is 18.0 Å². The molecule has 158 valence electrons. The summed E-state index contributed by atoms with van der Waals surface area (Å²) < 4.78 is 8.59. The van der Waals surface area contributed by atoms with E-state index in [1.54, 1.807) is 40.6 Å². The summed E-state index contributed by atoms with van der Waals surface area (Å²) >= 11 is 0. The van der Waals surface area contributed by atoms with E-state index in [-0.39, 0.29) is 17.1 Å². The number of rotatable bonds is 6. The Morgan fingerprint density at radius 3 is 2.77 bits per heavy atom. The minimum Gasteiger partial charge on any atom is -0.494 e. The van der Waals surface area contributed by atoms with E-state index in [1.807, 2.05) is 14.0 Å². The molecule has 1 amide bonds. The molecule has 0 unspecified atom stereocenters. The molecule has 11 nitrogen and oxygen atoms in total. The number of hydrogen-bond donors (Lipinski definition) is 1. The monoisotopic (exact) mass is 421 g/mol. The van der Waals surface area contributed by atoms with E-state index in [1.165, 1.54) is 18.2 Å². The highest BCUT2D eigenvalue weighted by Gasteiger charge is 2.21. The first-order chi connectivity index (χ1) is 14.9. The van der Waals surface area contributed by atoms with Crippen LogP contribution in [-0.2, 0) is 7.05 Å². The Hall–Kier alpha value is -4.28. The van der Waals surface area contributed by atoms with Crippen LogP contribution in [0, 0.1) is 17.0 Å². The third-order valence-corrected chi connectivity index (χ3v) is 4.83. The van der Waals surface area contributed by atoms with Gasteiger partial charge in [-0.1, -0.05) is 0 Å². The molecule has 0 saturated carbocycles. The summed E-state index contributed by atoms with van der Waals surface area (Å²) in [5.74, 6) is -0.243. The molecule has 0 aliphatic rings. The Kier molecular flexibility index (Phi) is 5.07. The molecule has 0 bridgehead atoms. The van der Waals surface area contributed by atoms with Crippen molar-refractivity contribution >= 4 is 22.9 Å². The van der Waals surface area contributed by atoms with Crippen molar-refractivity contribution in [1.29, 1.82) is 0 Å². The predicted molar refractivity (Wildman–Crippen MR) is 112 cm³/mol. The van der Waals surface area contributed by atoms with E-state index >= 15 is 0 Å². The Morgan fingerprint density at radius 1 is 1.29 bits per heavy atom. The Morgan fingerprint density at radius 2 is 2.10 bits per heavy atom. The van der Waals surface area contributed by atoms with Crippen LogP contribution in [0.2, 0.25) is 0 Å². The van der Waals surface area contributed by atoms with E-state index < -0.39 is 10.8 Å². The van der Waals surface area contributed by atoms with Gasteiger partial charge in [-0.15, -0.1) is 0 Å². The van der Waals surface area contributed by atoms with Gasteiger partial charge in [0, 0.05) is 30.6 Å². The van der Waals surface area contributed by atoms with E-state index in [9.17, 15) is 14.9 Å². The first-order valence-electron chi connectivity index (χ1n) is 9.45. The van der Waals surface area contributed by atoms with Gasteiger partial charge in [0.1, 0.15) is 11.4 Å². The zero-order chi connectivity index (χ0) is 22.1. The Bertz CT molecular complexity index is 1310. The number of nitrogens with zero attached hydrogens (tertiary/aromatic N) is 6. The predicted octanol–water partition coefficient (Wildman–Crippen LogP) is 3.00. The van der Waals surface area contributed by atoms with Crippen LogP contribution in [0.1, 0.15) is 23.1 Å². The molecule has 0 aliphatic carbocycles. The maximum Gasteiger partial charge on any atom is 0.296 e. The number of aromatic nitrogens is 5. The zero-order valence-electron chi connectivity index (χ0n) is 17.1. The van der Waals surface area contributed by atoms with Gasteiger partial charge < -0.3 is 10.1 Å². The molecule has 4 rings (SSSR count). The van der Waals surface area contributed by atoms with Crippen LogP contribution >= 0.6 is 0 Å². The number of amides is 1. The van der Waals surface area contributed by atoms with Crippen LogP contribution in [0.5, 0.6) is 5.75 Å². The molecule has 0 fully saturated rings. The molecule has 11 heteroatoms. The van der Waals surface area contributed by atoms with Crippen molar-refractivity contribution in [3.05, 3.63) is 64.2 Å². The Balaban J connectivity index is 1.69. The Labute approximate surface area is 176 Å². The molecular formula is C20H19N7O4. The second kappa shape index (κ2) is 7.86. The fraction of sp³-hybridized carbons (Fsp3) is 0.200. The van der Waals surface area contributed by atoms with Gasteiger partial charge in [0.25, 0.3) is 11.6 Å². The molecule has 0 spiro atoms. The quantitative estimate of drug-likeness (QED) is 0.374. The molecule has 0 aliphatic heterocycles. The van der Waals surface area contributed by atoms with Crippen molar-refractivity contribution in [2.24, 2.45) is 7.05 Å². The molecule has 31 heavy (non-hydrogen) atoms. The average Bonchev–Trinajstić information content (AvgIpc) is 3.33. The van der Waals surface area contributed by atoms with E-state index in [0.717, 1.165) is 17.0 Å². The topological polar surface area (TPSA) is 129 Å². The second-order valence-electron chi connectivity index (χ2n) is 6.72. The molecule has 3 heterocycles. The SMILES string of the molecule is CCOc1ccc(NC(=O)c2cc3nccc(-c4cnn(C)c4C)n3n2)c([N+](=O)[O-])c1. The molecule has 1 N–H and O–H groups in total. The maximum absolute atomic E-state index is 12.8. The van der Waals surface area contributed by atoms with Crippen LogP contribution < -0.4 is 10.1 Å². The highest BCUT2D eigenvalue weighted by molar-refractivity contribution is 6.04. The average molecular weight is 421 g/mol. The van der Waals surface area contributed by atoms with Crippen LogP contribution in [-0.4, -0.2) is 41.8 Å². The molecule has 0 atom stereocenters. The molecular weight excluding hydrogens is 402 g/mol. The lowest BCUT2D eigenvalue weighted by atomic mass is 10.2. The number of carbonyl (C=O) groups is 1. The van der Waals surface area contributed by atoms with Gasteiger partial charge in [0.05, 0.1) is 29.5 Å².